The Morgan fingerprint density at radius 2 is 1.76 bits per heavy atom. The Labute approximate surface area is 287 Å². The molecule has 1 atom stereocenters. The summed E-state index contributed by atoms with van der Waals surface area (Å²) >= 11 is 0. The van der Waals surface area contributed by atoms with E-state index < -0.39 is 29.5 Å². The van der Waals surface area contributed by atoms with Crippen LogP contribution in [0.4, 0.5) is 26.4 Å². The van der Waals surface area contributed by atoms with Crippen molar-refractivity contribution in [3.8, 4) is 23.0 Å². The van der Waals surface area contributed by atoms with Crippen molar-refractivity contribution in [1.29, 1.82) is 0 Å². The topological polar surface area (TPSA) is 154 Å². The second-order valence-electron chi connectivity index (χ2n) is 12.6. The fourth-order valence-electron chi connectivity index (χ4n) is 5.55. The number of hydrogen-bond donors (Lipinski definition) is 2. The van der Waals surface area contributed by atoms with Crippen molar-refractivity contribution in [2.45, 2.75) is 52.2 Å². The first kappa shape index (κ1) is 33.9. The lowest BCUT2D eigenvalue weighted by molar-refractivity contribution is -0.114. The third kappa shape index (κ3) is 7.36. The molecule has 1 saturated heterocycles. The van der Waals surface area contributed by atoms with Crippen molar-refractivity contribution >= 4 is 45.7 Å². The molecule has 2 amide bonds. The van der Waals surface area contributed by atoms with Gasteiger partial charge < -0.3 is 34.5 Å². The van der Waals surface area contributed by atoms with Crippen LogP contribution in [0.1, 0.15) is 39.2 Å². The summed E-state index contributed by atoms with van der Waals surface area (Å²) in [5.41, 5.74) is 2.03. The largest absolute Gasteiger partial charge is 0.494 e. The second-order valence-corrected chi connectivity index (χ2v) is 12.6. The molecule has 14 nitrogen and oxygen atoms in total. The molecular formula is C35H37FN8O6. The van der Waals surface area contributed by atoms with Crippen LogP contribution in [0.2, 0.25) is 0 Å². The number of aromatic nitrogens is 5. The number of hydrogen-bond acceptors (Lipinski definition) is 11. The quantitative estimate of drug-likeness (QED) is 0.159. The molecule has 0 radical (unpaired) electrons. The minimum Gasteiger partial charge on any atom is -0.494 e. The van der Waals surface area contributed by atoms with Gasteiger partial charge in [-0.05, 0) is 70.4 Å². The highest BCUT2D eigenvalue weighted by molar-refractivity contribution is 6.05. The lowest BCUT2D eigenvalue weighted by atomic mass is 10.1. The van der Waals surface area contributed by atoms with Gasteiger partial charge in [-0.1, -0.05) is 0 Å². The number of halogens is 1. The number of carbonyl (C=O) groups excluding carboxylic acids is 2. The Kier molecular flexibility index (Phi) is 9.39. The number of anilines is 3. The van der Waals surface area contributed by atoms with Gasteiger partial charge in [-0.2, -0.15) is 5.10 Å². The maximum Gasteiger partial charge on any atom is 0.410 e. The number of fused-ring (bicyclic) bond motifs is 2. The van der Waals surface area contributed by atoms with E-state index in [9.17, 15) is 9.59 Å². The van der Waals surface area contributed by atoms with Crippen LogP contribution >= 0.6 is 0 Å². The fraction of sp³-hybridized carbons (Fsp3) is 0.314. The van der Waals surface area contributed by atoms with E-state index in [-0.39, 0.29) is 11.4 Å². The molecule has 0 bridgehead atoms. The van der Waals surface area contributed by atoms with Gasteiger partial charge in [-0.3, -0.25) is 4.79 Å². The summed E-state index contributed by atoms with van der Waals surface area (Å²) in [4.78, 5) is 40.2. The molecule has 1 fully saturated rings. The van der Waals surface area contributed by atoms with Crippen LogP contribution in [0.3, 0.4) is 0 Å². The zero-order valence-corrected chi connectivity index (χ0v) is 28.5. The molecule has 3 aromatic heterocycles. The number of amides is 2. The summed E-state index contributed by atoms with van der Waals surface area (Å²) in [5.74, 6) is 0.241. The van der Waals surface area contributed by atoms with E-state index in [0.29, 0.717) is 64.7 Å². The Morgan fingerprint density at radius 1 is 0.980 bits per heavy atom. The van der Waals surface area contributed by atoms with Crippen molar-refractivity contribution < 1.29 is 32.9 Å². The summed E-state index contributed by atoms with van der Waals surface area (Å²) in [6, 6.07) is 9.77. The molecule has 50 heavy (non-hydrogen) atoms. The maximum atomic E-state index is 15.3. The number of carbonyl (C=O) groups is 2. The Morgan fingerprint density at radius 3 is 2.52 bits per heavy atom. The van der Waals surface area contributed by atoms with Gasteiger partial charge in [0.05, 0.1) is 37.2 Å². The molecule has 5 aromatic rings. The highest BCUT2D eigenvalue weighted by atomic mass is 19.1. The Balaban J connectivity index is 1.24. The molecule has 0 saturated carbocycles. The minimum absolute atomic E-state index is 0.193. The molecule has 2 N–H and O–H groups in total. The van der Waals surface area contributed by atoms with Gasteiger partial charge in [0.2, 0.25) is 0 Å². The minimum atomic E-state index is -1.04. The maximum absolute atomic E-state index is 15.3. The predicted molar refractivity (Wildman–Crippen MR) is 184 cm³/mol. The van der Waals surface area contributed by atoms with Crippen molar-refractivity contribution in [1.82, 2.24) is 29.5 Å². The highest BCUT2D eigenvalue weighted by Crippen LogP contribution is 2.39. The van der Waals surface area contributed by atoms with Gasteiger partial charge >= 0.3 is 6.09 Å². The molecule has 1 unspecified atom stereocenters. The monoisotopic (exact) mass is 684 g/mol. The molecule has 2 aromatic carbocycles. The molecule has 1 aliphatic heterocycles. The number of likely N-dealkylation sites (tertiary alicyclic amines) is 1. The van der Waals surface area contributed by atoms with Crippen LogP contribution < -0.4 is 24.8 Å². The third-order valence-electron chi connectivity index (χ3n) is 7.92. The summed E-state index contributed by atoms with van der Waals surface area (Å²) < 4.78 is 39.8. The first-order chi connectivity index (χ1) is 23.9. The summed E-state index contributed by atoms with van der Waals surface area (Å²) in [6.45, 7) is 7.58. The van der Waals surface area contributed by atoms with E-state index in [4.69, 9.17) is 18.9 Å². The highest BCUT2D eigenvalue weighted by Gasteiger charge is 2.32. The van der Waals surface area contributed by atoms with E-state index in [2.05, 4.69) is 30.7 Å². The van der Waals surface area contributed by atoms with Crippen LogP contribution in [-0.2, 0) is 9.53 Å². The standard InChI is InChI=1S/C35H37FN8O6/c1-20-12-26(30(48-6)17-28(20)49-22-9-11-44-31(14-22)38-19-40-44)41-32-23-15-27(29(47-5)16-25(23)37-18-39-32)42-33(45)24(36)13-21-8-7-10-43(21)34(46)50-35(2,3)4/h9,11-19,21H,7-8,10H2,1-6H3,(H,42,45)(H,37,39,41). The van der Waals surface area contributed by atoms with Crippen molar-refractivity contribution in [2.75, 3.05) is 31.4 Å². The predicted octanol–water partition coefficient (Wildman–Crippen LogP) is 6.73. The number of ether oxygens (including phenoxy) is 4. The average molecular weight is 685 g/mol. The van der Waals surface area contributed by atoms with Gasteiger partial charge in [0.1, 0.15) is 47.1 Å². The van der Waals surface area contributed by atoms with Gasteiger partial charge in [0.25, 0.3) is 5.91 Å². The van der Waals surface area contributed by atoms with Gasteiger partial charge in [0, 0.05) is 36.3 Å². The summed E-state index contributed by atoms with van der Waals surface area (Å²) in [6.07, 6.45) is 6.36. The molecule has 1 aliphatic rings. The van der Waals surface area contributed by atoms with Crippen LogP contribution in [0.25, 0.3) is 16.6 Å². The number of pyridine rings is 1. The molecule has 0 spiro atoms. The fourth-order valence-corrected chi connectivity index (χ4v) is 5.55. The van der Waals surface area contributed by atoms with E-state index in [1.807, 2.05) is 13.0 Å². The van der Waals surface area contributed by atoms with Crippen molar-refractivity contribution in [3.63, 3.8) is 0 Å². The molecule has 4 heterocycles. The Bertz CT molecular complexity index is 2110. The number of nitrogens with zero attached hydrogens (tertiary/aromatic N) is 6. The van der Waals surface area contributed by atoms with Gasteiger partial charge in [-0.25, -0.2) is 28.7 Å². The summed E-state index contributed by atoms with van der Waals surface area (Å²) in [5, 5.41) is 10.5. The molecule has 6 rings (SSSR count). The molecule has 15 heteroatoms. The van der Waals surface area contributed by atoms with Crippen LogP contribution in [-0.4, -0.2) is 73.9 Å². The number of methoxy groups -OCH3 is 2. The van der Waals surface area contributed by atoms with Crippen molar-refractivity contribution in [3.05, 3.63) is 72.7 Å². The van der Waals surface area contributed by atoms with Crippen LogP contribution in [0.5, 0.6) is 23.0 Å². The van der Waals surface area contributed by atoms with E-state index >= 15 is 4.39 Å². The van der Waals surface area contributed by atoms with Crippen molar-refractivity contribution in [2.24, 2.45) is 0 Å². The zero-order valence-electron chi connectivity index (χ0n) is 28.5. The lowest BCUT2D eigenvalue weighted by Gasteiger charge is -2.27. The van der Waals surface area contributed by atoms with E-state index in [0.717, 1.165) is 11.6 Å². The zero-order chi connectivity index (χ0) is 35.6. The average Bonchev–Trinajstić information content (AvgIpc) is 3.74. The lowest BCUT2D eigenvalue weighted by Crippen LogP contribution is -2.39. The number of aryl methyl sites for hydroxylation is 1. The molecule has 0 aliphatic carbocycles. The summed E-state index contributed by atoms with van der Waals surface area (Å²) in [7, 11) is 2.97. The van der Waals surface area contributed by atoms with Crippen LogP contribution in [0, 0.1) is 6.92 Å². The number of rotatable bonds is 9. The van der Waals surface area contributed by atoms with Gasteiger partial charge in [0.15, 0.2) is 11.5 Å². The van der Waals surface area contributed by atoms with E-state index in [1.54, 1.807) is 68.9 Å². The number of nitrogens with one attached hydrogen (secondary N) is 2. The van der Waals surface area contributed by atoms with Crippen LogP contribution in [0.15, 0.2) is 67.2 Å². The van der Waals surface area contributed by atoms with E-state index in [1.165, 1.54) is 24.7 Å². The SMILES string of the molecule is COc1cc2ncnc(Nc3cc(C)c(Oc4ccn5ncnc5c4)cc3OC)c2cc1NC(=O)C(F)=CC1CCCN1C(=O)OC(C)(C)C. The van der Waals surface area contributed by atoms with Gasteiger partial charge in [-0.15, -0.1) is 0 Å². The second kappa shape index (κ2) is 13.9. The Hall–Kier alpha value is -5.99. The smallest absolute Gasteiger partial charge is 0.410 e. The first-order valence-electron chi connectivity index (χ1n) is 15.9. The molecular weight excluding hydrogens is 647 g/mol. The molecule has 260 valence electrons. The third-order valence-corrected chi connectivity index (χ3v) is 7.92. The number of benzene rings is 2. The first-order valence-corrected chi connectivity index (χ1v) is 15.9. The normalized spacial score (nSPS) is 14.9.